The molecule has 35 heavy (non-hydrogen) atoms. The van der Waals surface area contributed by atoms with Crippen molar-refractivity contribution >= 4 is 11.0 Å². The number of hydrogen-bond donors (Lipinski definition) is 0. The molecule has 0 saturated carbocycles. The summed E-state index contributed by atoms with van der Waals surface area (Å²) in [6.07, 6.45) is 0. The summed E-state index contributed by atoms with van der Waals surface area (Å²) >= 11 is 0. The first-order chi connectivity index (χ1) is 17.2. The summed E-state index contributed by atoms with van der Waals surface area (Å²) in [6, 6.07) is 45.5. The van der Waals surface area contributed by atoms with E-state index >= 15 is 0 Å². The molecule has 0 aliphatic rings. The van der Waals surface area contributed by atoms with Gasteiger partial charge in [-0.2, -0.15) is 4.57 Å². The van der Waals surface area contributed by atoms with Crippen molar-refractivity contribution in [2.45, 2.75) is 6.92 Å². The van der Waals surface area contributed by atoms with E-state index in [-0.39, 0.29) is 0 Å². The molecule has 0 N–H and O–H groups in total. The van der Waals surface area contributed by atoms with Gasteiger partial charge in [-0.25, -0.2) is 4.57 Å². The molecule has 0 unspecified atom stereocenters. The lowest BCUT2D eigenvalue weighted by atomic mass is 9.97. The van der Waals surface area contributed by atoms with Crippen LogP contribution in [0.5, 0.6) is 0 Å². The first kappa shape index (κ1) is 21.1. The number of nitrogens with zero attached hydrogens (tertiary/aromatic N) is 2. The second-order valence-electron chi connectivity index (χ2n) is 8.99. The molecule has 1 heterocycles. The summed E-state index contributed by atoms with van der Waals surface area (Å²) in [5.41, 5.74) is 10.9. The van der Waals surface area contributed by atoms with E-state index in [4.69, 9.17) is 0 Å². The maximum absolute atomic E-state index is 2.43. The molecule has 2 heteroatoms. The van der Waals surface area contributed by atoms with Crippen LogP contribution in [0.2, 0.25) is 0 Å². The van der Waals surface area contributed by atoms with Gasteiger partial charge in [-0.3, -0.25) is 0 Å². The van der Waals surface area contributed by atoms with Crippen molar-refractivity contribution in [3.05, 3.63) is 133 Å². The summed E-state index contributed by atoms with van der Waals surface area (Å²) < 4.78 is 4.74. The zero-order chi connectivity index (χ0) is 23.8. The standard InChI is InChI=1S/C33H27N2/c1-24-13-9-10-18-28(24)33-34(2)31-19-11-12-20-32(31)35(33)30-22-21-27(25-14-5-3-6-15-25)23-29(30)26-16-7-4-8-17-26/h3-23H,1-2H3/q+1. The number of aromatic nitrogens is 2. The molecule has 0 bridgehead atoms. The van der Waals surface area contributed by atoms with Crippen LogP contribution in [0.1, 0.15) is 5.56 Å². The first-order valence-electron chi connectivity index (χ1n) is 12.0. The predicted molar refractivity (Wildman–Crippen MR) is 145 cm³/mol. The van der Waals surface area contributed by atoms with Gasteiger partial charge in [0.05, 0.1) is 12.6 Å². The van der Waals surface area contributed by atoms with E-state index in [1.165, 1.54) is 55.9 Å². The second kappa shape index (κ2) is 8.73. The van der Waals surface area contributed by atoms with Crippen LogP contribution < -0.4 is 4.57 Å². The van der Waals surface area contributed by atoms with Crippen molar-refractivity contribution in [1.82, 2.24) is 4.57 Å². The quantitative estimate of drug-likeness (QED) is 0.242. The summed E-state index contributed by atoms with van der Waals surface area (Å²) in [4.78, 5) is 0. The molecule has 0 radical (unpaired) electrons. The molecular formula is C33H27N2+. The van der Waals surface area contributed by atoms with E-state index in [1.807, 2.05) is 0 Å². The Morgan fingerprint density at radius 2 is 1.17 bits per heavy atom. The van der Waals surface area contributed by atoms with E-state index in [0.717, 1.165) is 0 Å². The maximum atomic E-state index is 2.43. The summed E-state index contributed by atoms with van der Waals surface area (Å²) in [6.45, 7) is 2.19. The molecule has 0 aliphatic carbocycles. The molecule has 6 aromatic rings. The van der Waals surface area contributed by atoms with Gasteiger partial charge in [0.2, 0.25) is 0 Å². The molecule has 1 aromatic heterocycles. The highest BCUT2D eigenvalue weighted by atomic mass is 15.2. The summed E-state index contributed by atoms with van der Waals surface area (Å²) in [5.74, 6) is 1.17. The van der Waals surface area contributed by atoms with E-state index in [1.54, 1.807) is 0 Å². The molecule has 0 saturated heterocycles. The van der Waals surface area contributed by atoms with Crippen molar-refractivity contribution < 1.29 is 4.57 Å². The third kappa shape index (κ3) is 3.64. The Morgan fingerprint density at radius 3 is 1.91 bits per heavy atom. The lowest BCUT2D eigenvalue weighted by Crippen LogP contribution is -2.30. The molecular weight excluding hydrogens is 424 g/mol. The molecule has 0 spiro atoms. The number of imidazole rings is 1. The minimum atomic E-state index is 1.17. The van der Waals surface area contributed by atoms with Gasteiger partial charge in [0.1, 0.15) is 5.69 Å². The Labute approximate surface area is 206 Å². The molecule has 0 fully saturated rings. The second-order valence-corrected chi connectivity index (χ2v) is 8.99. The predicted octanol–water partition coefficient (Wildman–Crippen LogP) is 7.76. The zero-order valence-corrected chi connectivity index (χ0v) is 20.0. The normalized spacial score (nSPS) is 11.1. The third-order valence-corrected chi connectivity index (χ3v) is 6.83. The number of rotatable bonds is 4. The smallest absolute Gasteiger partial charge is 0.225 e. The SMILES string of the molecule is Cc1ccccc1-c1n(-c2ccc(-c3ccccc3)cc2-c2ccccc2)c2ccccc2[n+]1C. The molecule has 6 rings (SSSR count). The average molecular weight is 452 g/mol. The molecule has 0 atom stereocenters. The minimum Gasteiger partial charge on any atom is -0.225 e. The van der Waals surface area contributed by atoms with E-state index < -0.39 is 0 Å². The van der Waals surface area contributed by atoms with Crippen molar-refractivity contribution in [2.24, 2.45) is 7.05 Å². The molecule has 0 amide bonds. The van der Waals surface area contributed by atoms with Crippen molar-refractivity contribution in [3.8, 4) is 39.3 Å². The van der Waals surface area contributed by atoms with Gasteiger partial charge in [0.15, 0.2) is 11.0 Å². The number of aryl methyl sites for hydroxylation is 2. The van der Waals surface area contributed by atoms with E-state index in [9.17, 15) is 0 Å². The summed E-state index contributed by atoms with van der Waals surface area (Å²) in [5, 5.41) is 0. The highest BCUT2D eigenvalue weighted by Gasteiger charge is 2.28. The Morgan fingerprint density at radius 1 is 0.543 bits per heavy atom. The third-order valence-electron chi connectivity index (χ3n) is 6.83. The average Bonchev–Trinajstić information content (AvgIpc) is 3.21. The Bertz CT molecular complexity index is 1640. The van der Waals surface area contributed by atoms with Crippen LogP contribution in [-0.4, -0.2) is 4.57 Å². The molecule has 2 nitrogen and oxygen atoms in total. The van der Waals surface area contributed by atoms with Crippen LogP contribution in [0.25, 0.3) is 50.4 Å². The topological polar surface area (TPSA) is 8.81 Å². The maximum Gasteiger partial charge on any atom is 0.295 e. The van der Waals surface area contributed by atoms with E-state index in [0.29, 0.717) is 0 Å². The Hall–Kier alpha value is -4.43. The first-order valence-corrected chi connectivity index (χ1v) is 12.0. The van der Waals surface area contributed by atoms with Gasteiger partial charge in [-0.15, -0.1) is 0 Å². The highest BCUT2D eigenvalue weighted by molar-refractivity contribution is 5.86. The van der Waals surface area contributed by atoms with E-state index in [2.05, 4.69) is 150 Å². The van der Waals surface area contributed by atoms with Crippen molar-refractivity contribution in [3.63, 3.8) is 0 Å². The van der Waals surface area contributed by atoms with Crippen LogP contribution in [0.15, 0.2) is 127 Å². The van der Waals surface area contributed by atoms with Gasteiger partial charge in [0.25, 0.3) is 5.82 Å². The van der Waals surface area contributed by atoms with Crippen LogP contribution in [0, 0.1) is 6.92 Å². The molecule has 168 valence electrons. The Balaban J connectivity index is 1.71. The fourth-order valence-corrected chi connectivity index (χ4v) is 5.07. The van der Waals surface area contributed by atoms with Crippen LogP contribution in [0.3, 0.4) is 0 Å². The number of benzene rings is 5. The lowest BCUT2D eigenvalue weighted by Gasteiger charge is -2.13. The van der Waals surface area contributed by atoms with Gasteiger partial charge >= 0.3 is 0 Å². The minimum absolute atomic E-state index is 1.17. The van der Waals surface area contributed by atoms with Crippen molar-refractivity contribution in [1.29, 1.82) is 0 Å². The highest BCUT2D eigenvalue weighted by Crippen LogP contribution is 2.36. The fraction of sp³-hybridized carbons (Fsp3) is 0.0606. The van der Waals surface area contributed by atoms with Gasteiger partial charge in [0, 0.05) is 5.56 Å². The number of hydrogen-bond acceptors (Lipinski definition) is 0. The molecule has 5 aromatic carbocycles. The zero-order valence-electron chi connectivity index (χ0n) is 20.0. The number of para-hydroxylation sites is 2. The monoisotopic (exact) mass is 451 g/mol. The van der Waals surface area contributed by atoms with Crippen LogP contribution in [0.4, 0.5) is 0 Å². The summed E-state index contributed by atoms with van der Waals surface area (Å²) in [7, 11) is 2.17. The lowest BCUT2D eigenvalue weighted by molar-refractivity contribution is -0.633. The van der Waals surface area contributed by atoms with Crippen LogP contribution in [-0.2, 0) is 7.05 Å². The van der Waals surface area contributed by atoms with Crippen LogP contribution >= 0.6 is 0 Å². The molecule has 0 aliphatic heterocycles. The fourth-order valence-electron chi connectivity index (χ4n) is 5.07. The largest absolute Gasteiger partial charge is 0.295 e. The Kier molecular flexibility index (Phi) is 5.27. The van der Waals surface area contributed by atoms with Gasteiger partial charge in [-0.05, 0) is 59.5 Å². The van der Waals surface area contributed by atoms with Crippen molar-refractivity contribution in [2.75, 3.05) is 0 Å². The van der Waals surface area contributed by atoms with Gasteiger partial charge < -0.3 is 0 Å². The number of fused-ring (bicyclic) bond motifs is 1. The van der Waals surface area contributed by atoms with Gasteiger partial charge in [-0.1, -0.05) is 97.1 Å².